The summed E-state index contributed by atoms with van der Waals surface area (Å²) in [6, 6.07) is 4.52. The van der Waals surface area contributed by atoms with E-state index in [0.717, 1.165) is 17.3 Å². The SMILES string of the molecule is CC1CCC(Nc2ccc3nccnc3n2)C1. The van der Waals surface area contributed by atoms with Gasteiger partial charge in [-0.05, 0) is 37.3 Å². The van der Waals surface area contributed by atoms with Crippen LogP contribution in [0.15, 0.2) is 24.5 Å². The number of pyridine rings is 1. The summed E-state index contributed by atoms with van der Waals surface area (Å²) in [5.41, 5.74) is 1.56. The molecule has 2 aromatic rings. The first-order valence-electron chi connectivity index (χ1n) is 6.15. The van der Waals surface area contributed by atoms with Gasteiger partial charge in [-0.15, -0.1) is 0 Å². The normalized spacial score (nSPS) is 24.1. The number of hydrogen-bond acceptors (Lipinski definition) is 4. The molecule has 1 fully saturated rings. The first-order valence-corrected chi connectivity index (χ1v) is 6.15. The topological polar surface area (TPSA) is 50.7 Å². The van der Waals surface area contributed by atoms with Gasteiger partial charge in [-0.2, -0.15) is 0 Å². The molecule has 1 N–H and O–H groups in total. The molecule has 3 rings (SSSR count). The van der Waals surface area contributed by atoms with Gasteiger partial charge in [0.1, 0.15) is 11.3 Å². The van der Waals surface area contributed by atoms with E-state index in [9.17, 15) is 0 Å². The van der Waals surface area contributed by atoms with Gasteiger partial charge in [0, 0.05) is 18.4 Å². The Balaban J connectivity index is 1.81. The molecule has 0 amide bonds. The van der Waals surface area contributed by atoms with Gasteiger partial charge in [0.15, 0.2) is 5.65 Å². The zero-order valence-corrected chi connectivity index (χ0v) is 9.93. The quantitative estimate of drug-likeness (QED) is 0.858. The van der Waals surface area contributed by atoms with E-state index in [4.69, 9.17) is 0 Å². The molecule has 0 aliphatic heterocycles. The van der Waals surface area contributed by atoms with Crippen LogP contribution in [-0.2, 0) is 0 Å². The van der Waals surface area contributed by atoms with Crippen molar-refractivity contribution in [2.45, 2.75) is 32.2 Å². The molecular weight excluding hydrogens is 212 g/mol. The van der Waals surface area contributed by atoms with E-state index in [2.05, 4.69) is 27.2 Å². The first-order chi connectivity index (χ1) is 8.31. The monoisotopic (exact) mass is 228 g/mol. The Morgan fingerprint density at radius 1 is 1.18 bits per heavy atom. The maximum absolute atomic E-state index is 4.48. The molecule has 0 aromatic carbocycles. The van der Waals surface area contributed by atoms with Crippen molar-refractivity contribution in [3.05, 3.63) is 24.5 Å². The van der Waals surface area contributed by atoms with Crippen LogP contribution in [0, 0.1) is 5.92 Å². The summed E-state index contributed by atoms with van der Waals surface area (Å²) in [7, 11) is 0. The van der Waals surface area contributed by atoms with Gasteiger partial charge in [-0.3, -0.25) is 4.98 Å². The lowest BCUT2D eigenvalue weighted by molar-refractivity contribution is 0.602. The van der Waals surface area contributed by atoms with E-state index in [-0.39, 0.29) is 0 Å². The Hall–Kier alpha value is -1.71. The second-order valence-electron chi connectivity index (χ2n) is 4.86. The Morgan fingerprint density at radius 2 is 2.06 bits per heavy atom. The molecule has 0 spiro atoms. The molecule has 2 aromatic heterocycles. The van der Waals surface area contributed by atoms with Crippen molar-refractivity contribution < 1.29 is 0 Å². The highest BCUT2D eigenvalue weighted by Gasteiger charge is 2.21. The highest BCUT2D eigenvalue weighted by atomic mass is 15.0. The fourth-order valence-electron chi connectivity index (χ4n) is 2.48. The molecule has 4 heteroatoms. The average Bonchev–Trinajstić information content (AvgIpc) is 2.75. The van der Waals surface area contributed by atoms with Gasteiger partial charge in [-0.1, -0.05) is 6.92 Å². The van der Waals surface area contributed by atoms with E-state index in [1.54, 1.807) is 12.4 Å². The lowest BCUT2D eigenvalue weighted by Gasteiger charge is -2.12. The fourth-order valence-corrected chi connectivity index (χ4v) is 2.48. The fraction of sp³-hybridized carbons (Fsp3) is 0.462. The predicted octanol–water partition coefficient (Wildman–Crippen LogP) is 2.63. The molecule has 0 saturated heterocycles. The number of rotatable bonds is 2. The van der Waals surface area contributed by atoms with Crippen LogP contribution in [0.1, 0.15) is 26.2 Å². The van der Waals surface area contributed by atoms with Crippen molar-refractivity contribution in [1.29, 1.82) is 0 Å². The van der Waals surface area contributed by atoms with E-state index in [1.807, 2.05) is 12.1 Å². The van der Waals surface area contributed by atoms with Gasteiger partial charge >= 0.3 is 0 Å². The summed E-state index contributed by atoms with van der Waals surface area (Å²) in [4.78, 5) is 12.9. The van der Waals surface area contributed by atoms with Crippen molar-refractivity contribution in [3.63, 3.8) is 0 Å². The zero-order chi connectivity index (χ0) is 11.7. The maximum Gasteiger partial charge on any atom is 0.180 e. The first kappa shape index (κ1) is 10.4. The average molecular weight is 228 g/mol. The smallest absolute Gasteiger partial charge is 0.180 e. The standard InChI is InChI=1S/C13H16N4/c1-9-2-3-10(8-9)16-12-5-4-11-13(17-12)15-7-6-14-11/h4-7,9-10H,2-3,8H2,1H3,(H,15,16,17). The lowest BCUT2D eigenvalue weighted by atomic mass is 10.1. The summed E-state index contributed by atoms with van der Waals surface area (Å²) in [5.74, 6) is 1.74. The molecular formula is C13H16N4. The van der Waals surface area contributed by atoms with Crippen LogP contribution in [0.4, 0.5) is 5.82 Å². The third-order valence-corrected chi connectivity index (χ3v) is 3.38. The number of nitrogens with zero attached hydrogens (tertiary/aromatic N) is 3. The van der Waals surface area contributed by atoms with Crippen LogP contribution in [0.2, 0.25) is 0 Å². The van der Waals surface area contributed by atoms with Gasteiger partial charge in [-0.25, -0.2) is 9.97 Å². The van der Waals surface area contributed by atoms with Crippen LogP contribution in [-0.4, -0.2) is 21.0 Å². The van der Waals surface area contributed by atoms with Crippen molar-refractivity contribution in [1.82, 2.24) is 15.0 Å². The molecule has 1 aliphatic carbocycles. The van der Waals surface area contributed by atoms with Crippen molar-refractivity contribution in [2.24, 2.45) is 5.92 Å². The van der Waals surface area contributed by atoms with E-state index < -0.39 is 0 Å². The maximum atomic E-state index is 4.48. The summed E-state index contributed by atoms with van der Waals surface area (Å²) < 4.78 is 0. The number of aromatic nitrogens is 3. The molecule has 1 aliphatic rings. The van der Waals surface area contributed by atoms with Crippen LogP contribution in [0.5, 0.6) is 0 Å². The van der Waals surface area contributed by atoms with Gasteiger partial charge in [0.25, 0.3) is 0 Å². The molecule has 2 heterocycles. The summed E-state index contributed by atoms with van der Waals surface area (Å²) >= 11 is 0. The second kappa shape index (κ2) is 4.28. The van der Waals surface area contributed by atoms with Gasteiger partial charge in [0.05, 0.1) is 0 Å². The van der Waals surface area contributed by atoms with Crippen LogP contribution in [0.25, 0.3) is 11.2 Å². The zero-order valence-electron chi connectivity index (χ0n) is 9.93. The third kappa shape index (κ3) is 2.20. The Labute approximate surface area is 101 Å². The summed E-state index contributed by atoms with van der Waals surface area (Å²) in [6.45, 7) is 2.31. The minimum atomic E-state index is 0.562. The molecule has 4 nitrogen and oxygen atoms in total. The largest absolute Gasteiger partial charge is 0.367 e. The summed E-state index contributed by atoms with van der Waals surface area (Å²) in [6.07, 6.45) is 7.15. The van der Waals surface area contributed by atoms with Gasteiger partial charge in [0.2, 0.25) is 0 Å². The van der Waals surface area contributed by atoms with Crippen molar-refractivity contribution >= 4 is 17.0 Å². The highest BCUT2D eigenvalue weighted by Crippen LogP contribution is 2.27. The van der Waals surface area contributed by atoms with Crippen molar-refractivity contribution in [2.75, 3.05) is 5.32 Å². The van der Waals surface area contributed by atoms with E-state index in [0.29, 0.717) is 11.7 Å². The predicted molar refractivity (Wildman–Crippen MR) is 67.8 cm³/mol. The molecule has 88 valence electrons. The van der Waals surface area contributed by atoms with E-state index in [1.165, 1.54) is 19.3 Å². The molecule has 2 atom stereocenters. The number of anilines is 1. The summed E-state index contributed by atoms with van der Waals surface area (Å²) in [5, 5.41) is 3.48. The molecule has 1 saturated carbocycles. The van der Waals surface area contributed by atoms with Crippen LogP contribution in [0.3, 0.4) is 0 Å². The van der Waals surface area contributed by atoms with E-state index >= 15 is 0 Å². The second-order valence-corrected chi connectivity index (χ2v) is 4.86. The van der Waals surface area contributed by atoms with Crippen LogP contribution >= 0.6 is 0 Å². The van der Waals surface area contributed by atoms with Gasteiger partial charge < -0.3 is 5.32 Å². The van der Waals surface area contributed by atoms with Crippen molar-refractivity contribution in [3.8, 4) is 0 Å². The Kier molecular flexibility index (Phi) is 2.63. The third-order valence-electron chi connectivity index (χ3n) is 3.38. The number of nitrogens with one attached hydrogen (secondary N) is 1. The molecule has 0 bridgehead atoms. The number of fused-ring (bicyclic) bond motifs is 1. The van der Waals surface area contributed by atoms with Crippen LogP contribution < -0.4 is 5.32 Å². The highest BCUT2D eigenvalue weighted by molar-refractivity contribution is 5.71. The minimum Gasteiger partial charge on any atom is -0.367 e. The Morgan fingerprint density at radius 3 is 2.88 bits per heavy atom. The molecule has 0 radical (unpaired) electrons. The lowest BCUT2D eigenvalue weighted by Crippen LogP contribution is -2.16. The minimum absolute atomic E-state index is 0.562. The number of hydrogen-bond donors (Lipinski definition) is 1. The Bertz CT molecular complexity index is 526. The molecule has 17 heavy (non-hydrogen) atoms. The molecule has 2 unspecified atom stereocenters.